The highest BCUT2D eigenvalue weighted by atomic mass is 16.4. The molecule has 1 atom stereocenters. The summed E-state index contributed by atoms with van der Waals surface area (Å²) in [6, 6.07) is -1.60. The standard InChI is InChI=1S/C12H21N5O3/c1-16(2)6-4-5-13-12(20)15-10(11(18)19)9-7-14-17(3)8-9/h7-8,10H,4-6H2,1-3H3,(H,18,19)(H2,13,15,20). The maximum Gasteiger partial charge on any atom is 0.331 e. The zero-order chi connectivity index (χ0) is 15.1. The third kappa shape index (κ3) is 5.27. The summed E-state index contributed by atoms with van der Waals surface area (Å²) in [4.78, 5) is 24.8. The lowest BCUT2D eigenvalue weighted by atomic mass is 10.1. The normalized spacial score (nSPS) is 12.2. The molecule has 0 radical (unpaired) electrons. The SMILES string of the molecule is CN(C)CCCNC(=O)NC(C(=O)O)c1cnn(C)c1. The van der Waals surface area contributed by atoms with E-state index in [1.807, 2.05) is 19.0 Å². The number of carbonyl (C=O) groups excluding carboxylic acids is 1. The second-order valence-electron chi connectivity index (χ2n) is 4.78. The van der Waals surface area contributed by atoms with Crippen molar-refractivity contribution in [3.63, 3.8) is 0 Å². The van der Waals surface area contributed by atoms with Gasteiger partial charge in [-0.2, -0.15) is 5.10 Å². The Balaban J connectivity index is 2.46. The summed E-state index contributed by atoms with van der Waals surface area (Å²) in [5.74, 6) is -1.12. The van der Waals surface area contributed by atoms with E-state index in [2.05, 4.69) is 15.7 Å². The number of nitrogens with zero attached hydrogens (tertiary/aromatic N) is 3. The highest BCUT2D eigenvalue weighted by molar-refractivity contribution is 5.83. The number of rotatable bonds is 7. The first-order chi connectivity index (χ1) is 9.40. The molecular weight excluding hydrogens is 262 g/mol. The van der Waals surface area contributed by atoms with Crippen LogP contribution in [0.25, 0.3) is 0 Å². The van der Waals surface area contributed by atoms with Crippen LogP contribution in [0.4, 0.5) is 4.79 Å². The van der Waals surface area contributed by atoms with Crippen LogP contribution in [0, 0.1) is 0 Å². The summed E-state index contributed by atoms with van der Waals surface area (Å²) in [6.07, 6.45) is 3.78. The topological polar surface area (TPSA) is 99.5 Å². The Morgan fingerprint density at radius 2 is 2.20 bits per heavy atom. The van der Waals surface area contributed by atoms with E-state index in [0.717, 1.165) is 13.0 Å². The summed E-state index contributed by atoms with van der Waals surface area (Å²) >= 11 is 0. The van der Waals surface area contributed by atoms with E-state index < -0.39 is 18.0 Å². The molecule has 0 saturated carbocycles. The van der Waals surface area contributed by atoms with Crippen molar-refractivity contribution in [2.24, 2.45) is 7.05 Å². The minimum absolute atomic E-state index is 0.434. The van der Waals surface area contributed by atoms with Gasteiger partial charge in [0.15, 0.2) is 6.04 Å². The van der Waals surface area contributed by atoms with Gasteiger partial charge in [-0.15, -0.1) is 0 Å². The number of aliphatic carboxylic acids is 1. The lowest BCUT2D eigenvalue weighted by Crippen LogP contribution is -2.41. The highest BCUT2D eigenvalue weighted by Crippen LogP contribution is 2.11. The summed E-state index contributed by atoms with van der Waals surface area (Å²) in [5.41, 5.74) is 0.434. The van der Waals surface area contributed by atoms with Crippen LogP contribution < -0.4 is 10.6 Å². The van der Waals surface area contributed by atoms with E-state index in [4.69, 9.17) is 5.11 Å². The largest absolute Gasteiger partial charge is 0.479 e. The molecule has 8 heteroatoms. The highest BCUT2D eigenvalue weighted by Gasteiger charge is 2.23. The van der Waals surface area contributed by atoms with Crippen molar-refractivity contribution in [2.45, 2.75) is 12.5 Å². The number of amides is 2. The predicted octanol–water partition coefficient (Wildman–Crippen LogP) is -0.203. The number of carboxylic acid groups (broad SMARTS) is 1. The molecule has 0 spiro atoms. The Kier molecular flexibility index (Phi) is 5.98. The zero-order valence-corrected chi connectivity index (χ0v) is 12.0. The van der Waals surface area contributed by atoms with Gasteiger partial charge in [-0.1, -0.05) is 0 Å². The minimum atomic E-state index is -1.12. The molecule has 0 aliphatic rings. The number of urea groups is 1. The monoisotopic (exact) mass is 283 g/mol. The average Bonchev–Trinajstić information content (AvgIpc) is 2.77. The smallest absolute Gasteiger partial charge is 0.331 e. The summed E-state index contributed by atoms with van der Waals surface area (Å²) in [7, 11) is 5.58. The summed E-state index contributed by atoms with van der Waals surface area (Å²) in [5, 5.41) is 18.1. The predicted molar refractivity (Wildman–Crippen MR) is 73.3 cm³/mol. The quantitative estimate of drug-likeness (QED) is 0.602. The maximum atomic E-state index is 11.7. The van der Waals surface area contributed by atoms with Crippen LogP contribution >= 0.6 is 0 Å². The van der Waals surface area contributed by atoms with Gasteiger partial charge in [0, 0.05) is 25.4 Å². The zero-order valence-electron chi connectivity index (χ0n) is 12.0. The number of aromatic nitrogens is 2. The van der Waals surface area contributed by atoms with Gasteiger partial charge in [-0.3, -0.25) is 4.68 Å². The second-order valence-corrected chi connectivity index (χ2v) is 4.78. The van der Waals surface area contributed by atoms with Crippen LogP contribution in [0.5, 0.6) is 0 Å². The van der Waals surface area contributed by atoms with Gasteiger partial charge in [0.05, 0.1) is 6.20 Å². The molecule has 1 heterocycles. The van der Waals surface area contributed by atoms with E-state index >= 15 is 0 Å². The third-order valence-electron chi connectivity index (χ3n) is 2.65. The number of hydrogen-bond donors (Lipinski definition) is 3. The molecular formula is C12H21N5O3. The van der Waals surface area contributed by atoms with Gasteiger partial charge in [0.25, 0.3) is 0 Å². The molecule has 20 heavy (non-hydrogen) atoms. The van der Waals surface area contributed by atoms with E-state index in [0.29, 0.717) is 12.1 Å². The van der Waals surface area contributed by atoms with Gasteiger partial charge in [0.1, 0.15) is 0 Å². The van der Waals surface area contributed by atoms with Crippen molar-refractivity contribution in [2.75, 3.05) is 27.2 Å². The van der Waals surface area contributed by atoms with E-state index in [1.54, 1.807) is 13.2 Å². The van der Waals surface area contributed by atoms with Crippen LogP contribution in [-0.2, 0) is 11.8 Å². The van der Waals surface area contributed by atoms with Gasteiger partial charge >= 0.3 is 12.0 Å². The average molecular weight is 283 g/mol. The molecule has 1 unspecified atom stereocenters. The van der Waals surface area contributed by atoms with Gasteiger partial charge in [-0.05, 0) is 27.1 Å². The molecule has 0 aliphatic heterocycles. The van der Waals surface area contributed by atoms with Gasteiger partial charge < -0.3 is 20.6 Å². The maximum absolute atomic E-state index is 11.7. The number of carboxylic acids is 1. The Labute approximate surface area is 117 Å². The number of carbonyl (C=O) groups is 2. The fourth-order valence-corrected chi connectivity index (χ4v) is 1.66. The van der Waals surface area contributed by atoms with E-state index in [9.17, 15) is 9.59 Å². The van der Waals surface area contributed by atoms with Gasteiger partial charge in [-0.25, -0.2) is 9.59 Å². The number of aryl methyl sites for hydroxylation is 1. The Bertz CT molecular complexity index is 458. The Morgan fingerprint density at radius 3 is 2.70 bits per heavy atom. The van der Waals surface area contributed by atoms with Crippen LogP contribution in [0.2, 0.25) is 0 Å². The molecule has 0 fully saturated rings. The van der Waals surface area contributed by atoms with Crippen molar-refractivity contribution >= 4 is 12.0 Å². The van der Waals surface area contributed by atoms with Gasteiger partial charge in [0.2, 0.25) is 0 Å². The van der Waals surface area contributed by atoms with E-state index in [-0.39, 0.29) is 0 Å². The van der Waals surface area contributed by atoms with E-state index in [1.165, 1.54) is 10.9 Å². The van der Waals surface area contributed by atoms with Crippen LogP contribution in [-0.4, -0.2) is 59.0 Å². The first-order valence-electron chi connectivity index (χ1n) is 6.30. The van der Waals surface area contributed by atoms with Crippen molar-refractivity contribution in [3.8, 4) is 0 Å². The minimum Gasteiger partial charge on any atom is -0.479 e. The number of nitrogens with one attached hydrogen (secondary N) is 2. The molecule has 2 amide bonds. The van der Waals surface area contributed by atoms with Crippen molar-refractivity contribution in [1.29, 1.82) is 0 Å². The van der Waals surface area contributed by atoms with Crippen molar-refractivity contribution in [3.05, 3.63) is 18.0 Å². The van der Waals surface area contributed by atoms with Crippen LogP contribution in [0.1, 0.15) is 18.0 Å². The van der Waals surface area contributed by atoms with Crippen LogP contribution in [0.3, 0.4) is 0 Å². The Hall–Kier alpha value is -2.09. The molecule has 112 valence electrons. The van der Waals surface area contributed by atoms with Crippen molar-refractivity contribution < 1.29 is 14.7 Å². The van der Waals surface area contributed by atoms with Crippen LogP contribution in [0.15, 0.2) is 12.4 Å². The molecule has 3 N–H and O–H groups in total. The lowest BCUT2D eigenvalue weighted by Gasteiger charge is -2.14. The molecule has 0 aromatic carbocycles. The first-order valence-corrected chi connectivity index (χ1v) is 6.30. The fourth-order valence-electron chi connectivity index (χ4n) is 1.66. The first kappa shape index (κ1) is 16.0. The Morgan fingerprint density at radius 1 is 1.50 bits per heavy atom. The fraction of sp³-hybridized carbons (Fsp3) is 0.583. The lowest BCUT2D eigenvalue weighted by molar-refractivity contribution is -0.139. The molecule has 1 rings (SSSR count). The summed E-state index contributed by atoms with van der Waals surface area (Å²) in [6.45, 7) is 1.34. The number of hydrogen-bond acceptors (Lipinski definition) is 4. The summed E-state index contributed by atoms with van der Waals surface area (Å²) < 4.78 is 1.49. The molecule has 8 nitrogen and oxygen atoms in total. The molecule has 1 aromatic rings. The van der Waals surface area contributed by atoms with Crippen molar-refractivity contribution in [1.82, 2.24) is 25.3 Å². The third-order valence-corrected chi connectivity index (χ3v) is 2.65. The second kappa shape index (κ2) is 7.49. The molecule has 0 bridgehead atoms. The molecule has 0 aliphatic carbocycles. The molecule has 1 aromatic heterocycles. The molecule has 0 saturated heterocycles.